The molecular formula is C18H25N5O. The minimum absolute atomic E-state index is 0.232. The third kappa shape index (κ3) is 3.32. The van der Waals surface area contributed by atoms with Crippen LogP contribution < -0.4 is 0 Å². The van der Waals surface area contributed by atoms with Crippen molar-refractivity contribution in [2.75, 3.05) is 13.1 Å². The van der Waals surface area contributed by atoms with E-state index in [0.717, 1.165) is 43.0 Å². The van der Waals surface area contributed by atoms with Gasteiger partial charge < -0.3 is 4.90 Å². The highest BCUT2D eigenvalue weighted by Gasteiger charge is 2.33. The van der Waals surface area contributed by atoms with Crippen molar-refractivity contribution in [3.63, 3.8) is 0 Å². The summed E-state index contributed by atoms with van der Waals surface area (Å²) in [6.07, 6.45) is 7.08. The van der Waals surface area contributed by atoms with Gasteiger partial charge in [0.15, 0.2) is 0 Å². The van der Waals surface area contributed by atoms with Gasteiger partial charge in [0.2, 0.25) is 5.91 Å². The van der Waals surface area contributed by atoms with Gasteiger partial charge in [0.25, 0.3) is 0 Å². The summed E-state index contributed by atoms with van der Waals surface area (Å²) in [7, 11) is 1.91. The number of carbonyl (C=O) groups is 1. The molecule has 6 heteroatoms. The SMILES string of the molecule is Cn1nccc1-c1nccnc1CC1CCN(C(=O)C(C)(C)C)C1. The fraction of sp³-hybridized carbons (Fsp3) is 0.556. The van der Waals surface area contributed by atoms with Crippen LogP contribution in [0, 0.1) is 11.3 Å². The van der Waals surface area contributed by atoms with Gasteiger partial charge in [-0.1, -0.05) is 20.8 Å². The molecule has 0 aliphatic carbocycles. The quantitative estimate of drug-likeness (QED) is 0.868. The Bertz CT molecular complexity index is 731. The minimum Gasteiger partial charge on any atom is -0.342 e. The summed E-state index contributed by atoms with van der Waals surface area (Å²) in [5.74, 6) is 0.663. The first kappa shape index (κ1) is 16.6. The van der Waals surface area contributed by atoms with Crippen LogP contribution in [0.15, 0.2) is 24.7 Å². The molecule has 3 rings (SSSR count). The highest BCUT2D eigenvalue weighted by molar-refractivity contribution is 5.81. The molecular weight excluding hydrogens is 302 g/mol. The lowest BCUT2D eigenvalue weighted by Gasteiger charge is -2.25. The molecule has 2 aromatic heterocycles. The van der Waals surface area contributed by atoms with Gasteiger partial charge in [0.05, 0.1) is 11.4 Å². The maximum Gasteiger partial charge on any atom is 0.227 e. The van der Waals surface area contributed by atoms with Gasteiger partial charge in [-0.05, 0) is 24.8 Å². The van der Waals surface area contributed by atoms with Gasteiger partial charge in [0, 0.05) is 44.1 Å². The summed E-state index contributed by atoms with van der Waals surface area (Å²) in [6, 6.07) is 1.96. The van der Waals surface area contributed by atoms with E-state index >= 15 is 0 Å². The van der Waals surface area contributed by atoms with Gasteiger partial charge in [-0.3, -0.25) is 19.4 Å². The zero-order chi connectivity index (χ0) is 17.3. The van der Waals surface area contributed by atoms with Crippen LogP contribution in [0.3, 0.4) is 0 Å². The Morgan fingerprint density at radius 3 is 2.67 bits per heavy atom. The average molecular weight is 327 g/mol. The molecule has 24 heavy (non-hydrogen) atoms. The Morgan fingerprint density at radius 1 is 1.25 bits per heavy atom. The first-order valence-electron chi connectivity index (χ1n) is 8.44. The summed E-state index contributed by atoms with van der Waals surface area (Å²) in [4.78, 5) is 23.5. The summed E-state index contributed by atoms with van der Waals surface area (Å²) >= 11 is 0. The van der Waals surface area contributed by atoms with E-state index in [1.807, 2.05) is 43.5 Å². The number of likely N-dealkylation sites (tertiary alicyclic amines) is 1. The van der Waals surface area contributed by atoms with Crippen molar-refractivity contribution in [3.8, 4) is 11.4 Å². The van der Waals surface area contributed by atoms with Gasteiger partial charge in [-0.25, -0.2) is 0 Å². The monoisotopic (exact) mass is 327 g/mol. The van der Waals surface area contributed by atoms with Crippen LogP contribution in [0.25, 0.3) is 11.4 Å². The Balaban J connectivity index is 1.75. The number of nitrogens with zero attached hydrogens (tertiary/aromatic N) is 5. The third-order valence-electron chi connectivity index (χ3n) is 4.53. The Kier molecular flexibility index (Phi) is 4.39. The minimum atomic E-state index is -0.318. The van der Waals surface area contributed by atoms with Crippen molar-refractivity contribution in [1.82, 2.24) is 24.6 Å². The van der Waals surface area contributed by atoms with Crippen LogP contribution in [-0.2, 0) is 18.3 Å². The Hall–Kier alpha value is -2.24. The second kappa shape index (κ2) is 6.34. The molecule has 0 spiro atoms. The number of aromatic nitrogens is 4. The second-order valence-corrected chi connectivity index (χ2v) is 7.55. The van der Waals surface area contributed by atoms with Crippen LogP contribution in [-0.4, -0.2) is 43.6 Å². The zero-order valence-corrected chi connectivity index (χ0v) is 14.9. The molecule has 1 fully saturated rings. The largest absolute Gasteiger partial charge is 0.342 e. The lowest BCUT2D eigenvalue weighted by atomic mass is 9.95. The molecule has 6 nitrogen and oxygen atoms in total. The topological polar surface area (TPSA) is 63.9 Å². The molecule has 128 valence electrons. The van der Waals surface area contributed by atoms with Crippen LogP contribution >= 0.6 is 0 Å². The molecule has 0 aromatic carbocycles. The summed E-state index contributed by atoms with van der Waals surface area (Å²) in [5, 5.41) is 4.22. The van der Waals surface area contributed by atoms with Crippen LogP contribution in [0.2, 0.25) is 0 Å². The van der Waals surface area contributed by atoms with Gasteiger partial charge in [-0.15, -0.1) is 0 Å². The first-order valence-corrected chi connectivity index (χ1v) is 8.44. The van der Waals surface area contributed by atoms with E-state index in [2.05, 4.69) is 15.1 Å². The van der Waals surface area contributed by atoms with E-state index in [1.165, 1.54) is 0 Å². The predicted octanol–water partition coefficient (Wildman–Crippen LogP) is 2.31. The van der Waals surface area contributed by atoms with Crippen LogP contribution in [0.1, 0.15) is 32.9 Å². The molecule has 3 heterocycles. The second-order valence-electron chi connectivity index (χ2n) is 7.55. The smallest absolute Gasteiger partial charge is 0.227 e. The van der Waals surface area contributed by atoms with E-state index in [4.69, 9.17) is 0 Å². The molecule has 1 saturated heterocycles. The van der Waals surface area contributed by atoms with Crippen molar-refractivity contribution in [2.45, 2.75) is 33.6 Å². The van der Waals surface area contributed by atoms with Crippen molar-refractivity contribution >= 4 is 5.91 Å². The predicted molar refractivity (Wildman–Crippen MR) is 92.1 cm³/mol. The molecule has 1 unspecified atom stereocenters. The van der Waals surface area contributed by atoms with E-state index in [-0.39, 0.29) is 11.3 Å². The van der Waals surface area contributed by atoms with Gasteiger partial charge in [-0.2, -0.15) is 5.10 Å². The summed E-state index contributed by atoms with van der Waals surface area (Å²) in [6.45, 7) is 7.57. The van der Waals surface area contributed by atoms with Crippen molar-refractivity contribution in [3.05, 3.63) is 30.4 Å². The maximum absolute atomic E-state index is 12.4. The van der Waals surface area contributed by atoms with E-state index in [9.17, 15) is 4.79 Å². The van der Waals surface area contributed by atoms with E-state index in [0.29, 0.717) is 5.92 Å². The number of carbonyl (C=O) groups excluding carboxylic acids is 1. The molecule has 0 radical (unpaired) electrons. The normalized spacial score (nSPS) is 18.2. The summed E-state index contributed by atoms with van der Waals surface area (Å²) < 4.78 is 1.82. The number of hydrogen-bond acceptors (Lipinski definition) is 4. The first-order chi connectivity index (χ1) is 11.4. The number of amides is 1. The third-order valence-corrected chi connectivity index (χ3v) is 4.53. The van der Waals surface area contributed by atoms with Crippen molar-refractivity contribution in [1.29, 1.82) is 0 Å². The van der Waals surface area contributed by atoms with Crippen molar-refractivity contribution in [2.24, 2.45) is 18.4 Å². The Labute approximate surface area is 142 Å². The molecule has 0 N–H and O–H groups in total. The molecule has 1 atom stereocenters. The number of hydrogen-bond donors (Lipinski definition) is 0. The van der Waals surface area contributed by atoms with Crippen molar-refractivity contribution < 1.29 is 4.79 Å². The highest BCUT2D eigenvalue weighted by atomic mass is 16.2. The lowest BCUT2D eigenvalue weighted by Crippen LogP contribution is -2.38. The maximum atomic E-state index is 12.4. The van der Waals surface area contributed by atoms with Crippen LogP contribution in [0.4, 0.5) is 0 Å². The van der Waals surface area contributed by atoms with E-state index in [1.54, 1.807) is 18.6 Å². The average Bonchev–Trinajstić information content (AvgIpc) is 3.15. The fourth-order valence-electron chi connectivity index (χ4n) is 3.27. The molecule has 0 saturated carbocycles. The Morgan fingerprint density at radius 2 is 2.00 bits per heavy atom. The standard InChI is InChI=1S/C18H25N5O/c1-18(2,3)17(24)23-10-6-13(12-23)11-14-16(20-9-8-19-14)15-5-7-21-22(15)4/h5,7-9,13H,6,10-12H2,1-4H3. The van der Waals surface area contributed by atoms with Crippen LogP contribution in [0.5, 0.6) is 0 Å². The molecule has 2 aromatic rings. The summed E-state index contributed by atoms with van der Waals surface area (Å²) in [5.41, 5.74) is 2.52. The van der Waals surface area contributed by atoms with Gasteiger partial charge in [0.1, 0.15) is 5.69 Å². The molecule has 0 bridgehead atoms. The zero-order valence-electron chi connectivity index (χ0n) is 14.9. The number of rotatable bonds is 3. The molecule has 1 aliphatic rings. The fourth-order valence-corrected chi connectivity index (χ4v) is 3.27. The van der Waals surface area contributed by atoms with Gasteiger partial charge >= 0.3 is 0 Å². The highest BCUT2D eigenvalue weighted by Crippen LogP contribution is 2.28. The van der Waals surface area contributed by atoms with E-state index < -0.39 is 0 Å². The number of aryl methyl sites for hydroxylation is 1. The molecule has 1 amide bonds. The lowest BCUT2D eigenvalue weighted by molar-refractivity contribution is -0.138. The molecule has 1 aliphatic heterocycles.